The predicted molar refractivity (Wildman–Crippen MR) is 67.8 cm³/mol. The summed E-state index contributed by atoms with van der Waals surface area (Å²) in [7, 11) is 0. The fourth-order valence-electron chi connectivity index (χ4n) is 0.692. The van der Waals surface area contributed by atoms with Crippen LogP contribution < -0.4 is 0 Å². The molecule has 0 aliphatic heterocycles. The molecule has 1 heterocycles. The van der Waals surface area contributed by atoms with Crippen LogP contribution in [0.5, 0.6) is 0 Å². The van der Waals surface area contributed by atoms with E-state index in [9.17, 15) is 0 Å². The Labute approximate surface area is 92.1 Å². The number of aromatic nitrogens is 1. The number of hydrogen-bond acceptors (Lipinski definition) is 0. The van der Waals surface area contributed by atoms with Gasteiger partial charge in [0.2, 0.25) is 0 Å². The van der Waals surface area contributed by atoms with Crippen LogP contribution >= 0.6 is 0 Å². The van der Waals surface area contributed by atoms with Gasteiger partial charge in [0.05, 0.1) is 0 Å². The molecule has 0 aromatic carbocycles. The Morgan fingerprint density at radius 1 is 0.857 bits per heavy atom. The molecule has 14 heavy (non-hydrogen) atoms. The van der Waals surface area contributed by atoms with E-state index in [1.807, 2.05) is 12.1 Å². The molecule has 81 valence electrons. The van der Waals surface area contributed by atoms with Gasteiger partial charge in [-0.05, 0) is 31.9 Å². The van der Waals surface area contributed by atoms with E-state index < -0.39 is 0 Å². The Morgan fingerprint density at radius 3 is 1.29 bits per heavy atom. The van der Waals surface area contributed by atoms with E-state index in [0.717, 1.165) is 5.92 Å². The van der Waals surface area contributed by atoms with Crippen molar-refractivity contribution in [3.63, 3.8) is 0 Å². The molecule has 1 nitrogen and oxygen atoms in total. The van der Waals surface area contributed by atoms with Crippen LogP contribution in [0.3, 0.4) is 0 Å². The summed E-state index contributed by atoms with van der Waals surface area (Å²) >= 11 is 0. The molecule has 0 aliphatic carbocycles. The van der Waals surface area contributed by atoms with Crippen LogP contribution in [0.15, 0.2) is 24.5 Å². The minimum absolute atomic E-state index is 0. The molecule has 0 unspecified atom stereocenters. The lowest BCUT2D eigenvalue weighted by molar-refractivity contribution is 0.604. The molecule has 0 bridgehead atoms. The van der Waals surface area contributed by atoms with E-state index in [-0.39, 0.29) is 15.8 Å². The number of hydrogen-bond donors (Lipinski definition) is 0. The minimum Gasteiger partial charge on any atom is -0.352 e. The third-order valence-corrected chi connectivity index (χ3v) is 1.22. The Bertz CT molecular complexity index is 175. The van der Waals surface area contributed by atoms with Crippen LogP contribution in [0, 0.1) is 5.92 Å². The van der Waals surface area contributed by atoms with Gasteiger partial charge in [-0.3, -0.25) is 0 Å². The molecular weight excluding hydrogens is 169 g/mol. The highest BCUT2D eigenvalue weighted by Crippen LogP contribution is 2.01. The molecule has 2 heteroatoms. The summed E-state index contributed by atoms with van der Waals surface area (Å²) in [5.41, 5.74) is 0. The smallest absolute Gasteiger partial charge is 0.0274 e. The first-order valence-corrected chi connectivity index (χ1v) is 4.66. The standard InChI is InChI=1S/C7H11N.C4H10.CH4.B/c1-7(2)8-5-3-4-6-8;1-4(2)3;;/h3-7H,1-2H3;4H,1-3H3;1H4;. The second-order valence-corrected chi connectivity index (χ2v) is 3.96. The lowest BCUT2D eigenvalue weighted by Gasteiger charge is -2.03. The molecule has 1 aromatic rings. The summed E-state index contributed by atoms with van der Waals surface area (Å²) < 4.78 is 2.17. The average molecular weight is 194 g/mol. The van der Waals surface area contributed by atoms with Gasteiger partial charge in [-0.15, -0.1) is 0 Å². The summed E-state index contributed by atoms with van der Waals surface area (Å²) in [5.74, 6) is 0.833. The Hall–Kier alpha value is -0.655. The highest BCUT2D eigenvalue weighted by molar-refractivity contribution is 5.75. The van der Waals surface area contributed by atoms with Crippen molar-refractivity contribution >= 4 is 8.41 Å². The van der Waals surface area contributed by atoms with Crippen molar-refractivity contribution in [3.05, 3.63) is 24.5 Å². The molecule has 0 saturated heterocycles. The Kier molecular flexibility index (Phi) is 14.2. The first-order valence-electron chi connectivity index (χ1n) is 4.66. The molecule has 1 aromatic heterocycles. The summed E-state index contributed by atoms with van der Waals surface area (Å²) in [5, 5.41) is 0. The Morgan fingerprint density at radius 2 is 1.14 bits per heavy atom. The average Bonchev–Trinajstić information content (AvgIpc) is 2.34. The van der Waals surface area contributed by atoms with Crippen molar-refractivity contribution in [2.75, 3.05) is 0 Å². The van der Waals surface area contributed by atoms with Crippen LogP contribution in [0.1, 0.15) is 48.1 Å². The van der Waals surface area contributed by atoms with Crippen LogP contribution in [0.25, 0.3) is 0 Å². The van der Waals surface area contributed by atoms with Crippen molar-refractivity contribution in [1.29, 1.82) is 0 Å². The zero-order chi connectivity index (χ0) is 9.56. The summed E-state index contributed by atoms with van der Waals surface area (Å²) in [6.07, 6.45) is 4.15. The monoisotopic (exact) mass is 194 g/mol. The van der Waals surface area contributed by atoms with Gasteiger partial charge in [0.25, 0.3) is 0 Å². The molecule has 0 amide bonds. The third-order valence-electron chi connectivity index (χ3n) is 1.22. The van der Waals surface area contributed by atoms with Crippen LogP contribution in [0.2, 0.25) is 0 Å². The molecule has 1 rings (SSSR count). The van der Waals surface area contributed by atoms with Crippen LogP contribution in [-0.4, -0.2) is 13.0 Å². The van der Waals surface area contributed by atoms with E-state index >= 15 is 0 Å². The fraction of sp³-hybridized carbons (Fsp3) is 0.667. The zero-order valence-electron chi connectivity index (χ0n) is 9.49. The molecule has 0 atom stereocenters. The molecule has 0 aliphatic rings. The van der Waals surface area contributed by atoms with Gasteiger partial charge in [0.1, 0.15) is 0 Å². The highest BCUT2D eigenvalue weighted by atomic mass is 15.0. The normalized spacial score (nSPS) is 8.50. The van der Waals surface area contributed by atoms with Gasteiger partial charge < -0.3 is 4.57 Å². The SMILES string of the molecule is C.CC(C)C.CC(C)n1cccc1.[B]. The van der Waals surface area contributed by atoms with Crippen molar-refractivity contribution in [2.24, 2.45) is 5.92 Å². The first-order chi connectivity index (χ1) is 5.54. The van der Waals surface area contributed by atoms with Gasteiger partial charge in [0.15, 0.2) is 0 Å². The van der Waals surface area contributed by atoms with E-state index in [4.69, 9.17) is 0 Å². The topological polar surface area (TPSA) is 4.93 Å². The lowest BCUT2D eigenvalue weighted by Crippen LogP contribution is -1.94. The van der Waals surface area contributed by atoms with Gasteiger partial charge in [-0.1, -0.05) is 28.2 Å². The number of nitrogens with zero attached hydrogens (tertiary/aromatic N) is 1. The van der Waals surface area contributed by atoms with E-state index in [1.54, 1.807) is 0 Å². The predicted octanol–water partition coefficient (Wildman–Crippen LogP) is 3.99. The summed E-state index contributed by atoms with van der Waals surface area (Å²) in [6, 6.07) is 4.69. The minimum atomic E-state index is 0. The molecule has 3 radical (unpaired) electrons. The molecule has 0 N–H and O–H groups in total. The second-order valence-electron chi connectivity index (χ2n) is 3.96. The van der Waals surface area contributed by atoms with E-state index in [1.165, 1.54) is 0 Å². The quantitative estimate of drug-likeness (QED) is 0.595. The molecule has 0 spiro atoms. The number of rotatable bonds is 1. The maximum Gasteiger partial charge on any atom is 0.0274 e. The van der Waals surface area contributed by atoms with E-state index in [2.05, 4.69) is 51.6 Å². The maximum absolute atomic E-state index is 2.17. The van der Waals surface area contributed by atoms with Gasteiger partial charge in [0, 0.05) is 26.8 Å². The largest absolute Gasteiger partial charge is 0.352 e. The van der Waals surface area contributed by atoms with Crippen LogP contribution in [-0.2, 0) is 0 Å². The lowest BCUT2D eigenvalue weighted by atomic mass is 10.3. The van der Waals surface area contributed by atoms with Crippen LogP contribution in [0.4, 0.5) is 0 Å². The third kappa shape index (κ3) is 11.3. The maximum atomic E-state index is 2.17. The van der Waals surface area contributed by atoms with Crippen molar-refractivity contribution < 1.29 is 0 Å². The van der Waals surface area contributed by atoms with Crippen molar-refractivity contribution in [1.82, 2.24) is 4.57 Å². The Balaban J connectivity index is -0.000000180. The van der Waals surface area contributed by atoms with Gasteiger partial charge >= 0.3 is 0 Å². The highest BCUT2D eigenvalue weighted by Gasteiger charge is 1.89. The fourth-order valence-corrected chi connectivity index (χ4v) is 0.692. The van der Waals surface area contributed by atoms with Crippen molar-refractivity contribution in [3.8, 4) is 0 Å². The van der Waals surface area contributed by atoms with Gasteiger partial charge in [-0.25, -0.2) is 0 Å². The first kappa shape index (κ1) is 19.0. The molecular formula is C12H25BN. The molecule has 0 saturated carbocycles. The van der Waals surface area contributed by atoms with Crippen molar-refractivity contribution in [2.45, 2.75) is 48.1 Å². The summed E-state index contributed by atoms with van der Waals surface area (Å²) in [4.78, 5) is 0. The van der Waals surface area contributed by atoms with Gasteiger partial charge in [-0.2, -0.15) is 0 Å². The summed E-state index contributed by atoms with van der Waals surface area (Å²) in [6.45, 7) is 10.8. The molecule has 0 fully saturated rings. The zero-order valence-corrected chi connectivity index (χ0v) is 9.49. The second kappa shape index (κ2) is 10.4. The van der Waals surface area contributed by atoms with E-state index in [0.29, 0.717) is 6.04 Å².